The molecule has 100 valence electrons. The van der Waals surface area contributed by atoms with Gasteiger partial charge in [-0.1, -0.05) is 12.1 Å². The number of hydrogen-bond donors (Lipinski definition) is 2. The average molecular weight is 260 g/mol. The molecule has 0 bridgehead atoms. The standard InChI is InChI=1S/C13H16N4O2/c14-6-9-19-10-13(18)16-11-4-1-2-5-12(11)17-8-3-7-15-17/h1-5,7-8H,6,9-10,14H2,(H,16,18). The van der Waals surface area contributed by atoms with E-state index in [4.69, 9.17) is 10.5 Å². The summed E-state index contributed by atoms with van der Waals surface area (Å²) in [6.07, 6.45) is 3.50. The van der Waals surface area contributed by atoms with Gasteiger partial charge in [0.1, 0.15) is 6.61 Å². The molecule has 6 nitrogen and oxygen atoms in total. The molecule has 0 unspecified atom stereocenters. The molecule has 0 aliphatic carbocycles. The van der Waals surface area contributed by atoms with Crippen molar-refractivity contribution in [1.29, 1.82) is 0 Å². The monoisotopic (exact) mass is 260 g/mol. The van der Waals surface area contributed by atoms with Crippen molar-refractivity contribution in [3.63, 3.8) is 0 Å². The fraction of sp³-hybridized carbons (Fsp3) is 0.231. The van der Waals surface area contributed by atoms with Gasteiger partial charge in [0.05, 0.1) is 18.0 Å². The first-order valence-electron chi connectivity index (χ1n) is 5.98. The minimum atomic E-state index is -0.215. The summed E-state index contributed by atoms with van der Waals surface area (Å²) in [5.74, 6) is -0.215. The molecule has 0 saturated carbocycles. The minimum Gasteiger partial charge on any atom is -0.370 e. The Morgan fingerprint density at radius 3 is 2.95 bits per heavy atom. The van der Waals surface area contributed by atoms with Crippen LogP contribution >= 0.6 is 0 Å². The summed E-state index contributed by atoms with van der Waals surface area (Å²) in [6, 6.07) is 9.26. The van der Waals surface area contributed by atoms with Gasteiger partial charge in [0.25, 0.3) is 0 Å². The highest BCUT2D eigenvalue weighted by atomic mass is 16.5. The number of para-hydroxylation sites is 2. The molecular formula is C13H16N4O2. The molecule has 6 heteroatoms. The molecule has 0 aliphatic heterocycles. The van der Waals surface area contributed by atoms with Crippen LogP contribution in [-0.4, -0.2) is 35.4 Å². The van der Waals surface area contributed by atoms with Gasteiger partial charge >= 0.3 is 0 Å². The van der Waals surface area contributed by atoms with Crippen LogP contribution in [0.25, 0.3) is 5.69 Å². The first-order chi connectivity index (χ1) is 9.31. The maximum absolute atomic E-state index is 11.7. The number of rotatable bonds is 6. The van der Waals surface area contributed by atoms with Crippen LogP contribution in [0, 0.1) is 0 Å². The summed E-state index contributed by atoms with van der Waals surface area (Å²) in [6.45, 7) is 0.760. The molecule has 2 rings (SSSR count). The van der Waals surface area contributed by atoms with Crippen LogP contribution in [0.2, 0.25) is 0 Å². The molecule has 0 fully saturated rings. The Kier molecular flexibility index (Phi) is 4.66. The number of amides is 1. The Hall–Kier alpha value is -2.18. The Balaban J connectivity index is 2.06. The van der Waals surface area contributed by atoms with Gasteiger partial charge in [-0.05, 0) is 18.2 Å². The van der Waals surface area contributed by atoms with Crippen LogP contribution in [0.5, 0.6) is 0 Å². The fourth-order valence-corrected chi connectivity index (χ4v) is 1.62. The van der Waals surface area contributed by atoms with Gasteiger partial charge in [-0.3, -0.25) is 4.79 Å². The van der Waals surface area contributed by atoms with Crippen molar-refractivity contribution in [2.75, 3.05) is 25.1 Å². The number of anilines is 1. The lowest BCUT2D eigenvalue weighted by atomic mass is 10.2. The van der Waals surface area contributed by atoms with E-state index in [0.29, 0.717) is 18.8 Å². The molecule has 0 atom stereocenters. The summed E-state index contributed by atoms with van der Waals surface area (Å²) in [5, 5.41) is 6.94. The number of aromatic nitrogens is 2. The van der Waals surface area contributed by atoms with Crippen LogP contribution < -0.4 is 11.1 Å². The normalized spacial score (nSPS) is 10.4. The average Bonchev–Trinajstić information content (AvgIpc) is 2.93. The van der Waals surface area contributed by atoms with Gasteiger partial charge in [0.15, 0.2) is 0 Å². The zero-order valence-electron chi connectivity index (χ0n) is 10.5. The Bertz CT molecular complexity index is 525. The van der Waals surface area contributed by atoms with Crippen molar-refractivity contribution in [3.05, 3.63) is 42.7 Å². The Morgan fingerprint density at radius 1 is 1.37 bits per heavy atom. The van der Waals surface area contributed by atoms with Gasteiger partial charge in [0.2, 0.25) is 5.91 Å². The number of nitrogens with zero attached hydrogens (tertiary/aromatic N) is 2. The minimum absolute atomic E-state index is 0.00928. The van der Waals surface area contributed by atoms with Crippen molar-refractivity contribution in [2.24, 2.45) is 5.73 Å². The molecule has 2 aromatic rings. The second-order valence-corrected chi connectivity index (χ2v) is 3.86. The van der Waals surface area contributed by atoms with E-state index < -0.39 is 0 Å². The molecule has 0 spiro atoms. The lowest BCUT2D eigenvalue weighted by Crippen LogP contribution is -2.21. The van der Waals surface area contributed by atoms with Crippen molar-refractivity contribution in [1.82, 2.24) is 9.78 Å². The number of carbonyl (C=O) groups is 1. The third kappa shape index (κ3) is 3.64. The quantitative estimate of drug-likeness (QED) is 0.752. The van der Waals surface area contributed by atoms with Gasteiger partial charge < -0.3 is 15.8 Å². The van der Waals surface area contributed by atoms with Gasteiger partial charge in [-0.25, -0.2) is 4.68 Å². The lowest BCUT2D eigenvalue weighted by molar-refractivity contribution is -0.120. The fourth-order valence-electron chi connectivity index (χ4n) is 1.62. The highest BCUT2D eigenvalue weighted by molar-refractivity contribution is 5.93. The largest absolute Gasteiger partial charge is 0.370 e. The van der Waals surface area contributed by atoms with Crippen molar-refractivity contribution < 1.29 is 9.53 Å². The highest BCUT2D eigenvalue weighted by Crippen LogP contribution is 2.18. The Morgan fingerprint density at radius 2 is 2.21 bits per heavy atom. The number of benzene rings is 1. The van der Waals surface area contributed by atoms with Crippen LogP contribution in [-0.2, 0) is 9.53 Å². The maximum Gasteiger partial charge on any atom is 0.250 e. The molecule has 1 aromatic heterocycles. The molecule has 1 amide bonds. The third-order valence-electron chi connectivity index (χ3n) is 2.42. The van der Waals surface area contributed by atoms with E-state index in [-0.39, 0.29) is 12.5 Å². The number of nitrogens with one attached hydrogen (secondary N) is 1. The lowest BCUT2D eigenvalue weighted by Gasteiger charge is -2.11. The number of nitrogens with two attached hydrogens (primary N) is 1. The number of ether oxygens (including phenoxy) is 1. The highest BCUT2D eigenvalue weighted by Gasteiger charge is 2.08. The smallest absolute Gasteiger partial charge is 0.250 e. The number of hydrogen-bond acceptors (Lipinski definition) is 4. The molecule has 1 aromatic carbocycles. The van der Waals surface area contributed by atoms with Gasteiger partial charge in [-0.2, -0.15) is 5.10 Å². The summed E-state index contributed by atoms with van der Waals surface area (Å²) >= 11 is 0. The van der Waals surface area contributed by atoms with E-state index in [0.717, 1.165) is 5.69 Å². The third-order valence-corrected chi connectivity index (χ3v) is 2.42. The summed E-state index contributed by atoms with van der Waals surface area (Å²) in [7, 11) is 0. The first-order valence-corrected chi connectivity index (χ1v) is 5.98. The predicted octanol–water partition coefficient (Wildman–Crippen LogP) is 0.786. The van der Waals surface area contributed by atoms with Crippen LogP contribution in [0.1, 0.15) is 0 Å². The number of carbonyl (C=O) groups excluding carboxylic acids is 1. The molecular weight excluding hydrogens is 244 g/mol. The summed E-state index contributed by atoms with van der Waals surface area (Å²) < 4.78 is 6.78. The predicted molar refractivity (Wildman–Crippen MR) is 72.1 cm³/mol. The van der Waals surface area contributed by atoms with Gasteiger partial charge in [-0.15, -0.1) is 0 Å². The summed E-state index contributed by atoms with van der Waals surface area (Å²) in [5.41, 5.74) is 6.78. The van der Waals surface area contributed by atoms with Crippen LogP contribution in [0.15, 0.2) is 42.7 Å². The first kappa shape index (κ1) is 13.3. The molecule has 0 saturated heterocycles. The van der Waals surface area contributed by atoms with E-state index >= 15 is 0 Å². The second kappa shape index (κ2) is 6.67. The van der Waals surface area contributed by atoms with E-state index in [1.807, 2.05) is 36.5 Å². The second-order valence-electron chi connectivity index (χ2n) is 3.86. The van der Waals surface area contributed by atoms with E-state index in [2.05, 4.69) is 10.4 Å². The molecule has 3 N–H and O–H groups in total. The van der Waals surface area contributed by atoms with Crippen molar-refractivity contribution >= 4 is 11.6 Å². The van der Waals surface area contributed by atoms with Crippen molar-refractivity contribution in [3.8, 4) is 5.69 Å². The van der Waals surface area contributed by atoms with Crippen LogP contribution in [0.3, 0.4) is 0 Å². The molecule has 0 radical (unpaired) electrons. The van der Waals surface area contributed by atoms with E-state index in [1.54, 1.807) is 10.9 Å². The van der Waals surface area contributed by atoms with Crippen LogP contribution in [0.4, 0.5) is 5.69 Å². The van der Waals surface area contributed by atoms with Gasteiger partial charge in [0, 0.05) is 18.9 Å². The molecule has 1 heterocycles. The zero-order valence-corrected chi connectivity index (χ0v) is 10.5. The van der Waals surface area contributed by atoms with E-state index in [1.165, 1.54) is 0 Å². The van der Waals surface area contributed by atoms with E-state index in [9.17, 15) is 4.79 Å². The Labute approximate surface area is 111 Å². The summed E-state index contributed by atoms with van der Waals surface area (Å²) in [4.78, 5) is 11.7. The van der Waals surface area contributed by atoms with Crippen molar-refractivity contribution in [2.45, 2.75) is 0 Å². The molecule has 19 heavy (non-hydrogen) atoms. The topological polar surface area (TPSA) is 82.2 Å². The SMILES string of the molecule is NCCOCC(=O)Nc1ccccc1-n1cccn1. The zero-order chi connectivity index (χ0) is 13.5. The maximum atomic E-state index is 11.7. The molecule has 0 aliphatic rings.